The van der Waals surface area contributed by atoms with Crippen molar-refractivity contribution in [2.45, 2.75) is 49.8 Å². The lowest BCUT2D eigenvalue weighted by molar-refractivity contribution is -0.119. The number of thiophene rings is 1. The summed E-state index contributed by atoms with van der Waals surface area (Å²) in [6.45, 7) is 2.06. The van der Waals surface area contributed by atoms with Gasteiger partial charge >= 0.3 is 0 Å². The molecular weight excluding hydrogens is 424 g/mol. The van der Waals surface area contributed by atoms with Crippen LogP contribution in [0.5, 0.6) is 0 Å². The summed E-state index contributed by atoms with van der Waals surface area (Å²) >= 11 is 9.17. The molecule has 1 fully saturated rings. The van der Waals surface area contributed by atoms with Crippen molar-refractivity contribution in [3.8, 4) is 0 Å². The second kappa shape index (κ2) is 9.32. The van der Waals surface area contributed by atoms with Gasteiger partial charge in [-0.3, -0.25) is 4.79 Å². The molecule has 0 saturated heterocycles. The molecule has 8 heteroatoms. The van der Waals surface area contributed by atoms with Gasteiger partial charge in [0.2, 0.25) is 5.91 Å². The minimum atomic E-state index is -0.0175. The van der Waals surface area contributed by atoms with Crippen LogP contribution in [0.15, 0.2) is 46.9 Å². The zero-order valence-corrected chi connectivity index (χ0v) is 18.6. The van der Waals surface area contributed by atoms with E-state index in [1.54, 1.807) is 11.3 Å². The van der Waals surface area contributed by atoms with Crippen molar-refractivity contribution in [3.63, 3.8) is 0 Å². The lowest BCUT2D eigenvalue weighted by Gasteiger charge is -2.17. The van der Waals surface area contributed by atoms with Gasteiger partial charge < -0.3 is 9.88 Å². The predicted octanol–water partition coefficient (Wildman–Crippen LogP) is 5.28. The van der Waals surface area contributed by atoms with Crippen LogP contribution in [0.2, 0.25) is 5.02 Å². The fourth-order valence-electron chi connectivity index (χ4n) is 3.28. The number of halogens is 1. The topological polar surface area (TPSA) is 59.8 Å². The number of carbonyl (C=O) groups excluding carboxylic acids is 1. The van der Waals surface area contributed by atoms with Crippen LogP contribution < -0.4 is 5.32 Å². The number of hydrogen-bond acceptors (Lipinski definition) is 5. The first kappa shape index (κ1) is 20.4. The standard InChI is InChI=1S/C21H23ClN4OS2/c1-2-18(14-5-7-15(22)8-6-14)23-20(27)13-29-21-25-24-19(26(21)16-9-10-16)12-17-4-3-11-28-17/h3-8,11,16,18H,2,9-10,12-13H2,1H3,(H,23,27). The van der Waals surface area contributed by atoms with E-state index in [1.807, 2.05) is 24.3 Å². The molecule has 0 bridgehead atoms. The molecule has 0 spiro atoms. The summed E-state index contributed by atoms with van der Waals surface area (Å²) in [6.07, 6.45) is 3.93. The molecule has 4 rings (SSSR count). The Labute approximate surface area is 183 Å². The summed E-state index contributed by atoms with van der Waals surface area (Å²) in [4.78, 5) is 13.9. The molecule has 0 radical (unpaired) electrons. The molecule has 1 atom stereocenters. The predicted molar refractivity (Wildman–Crippen MR) is 119 cm³/mol. The molecule has 5 nitrogen and oxygen atoms in total. The number of aromatic nitrogens is 3. The van der Waals surface area contributed by atoms with Gasteiger partial charge in [-0.2, -0.15) is 0 Å². The fraction of sp³-hybridized carbons (Fsp3) is 0.381. The van der Waals surface area contributed by atoms with Crippen molar-refractivity contribution in [2.75, 3.05) is 5.75 Å². The summed E-state index contributed by atoms with van der Waals surface area (Å²) in [5.41, 5.74) is 1.06. The minimum Gasteiger partial charge on any atom is -0.349 e. The Balaban J connectivity index is 1.38. The zero-order valence-electron chi connectivity index (χ0n) is 16.2. The number of amides is 1. The van der Waals surface area contributed by atoms with E-state index in [1.165, 1.54) is 16.6 Å². The fourth-order valence-corrected chi connectivity index (χ4v) is 4.94. The Morgan fingerprint density at radius 1 is 1.31 bits per heavy atom. The minimum absolute atomic E-state index is 0.00181. The number of benzene rings is 1. The molecule has 1 unspecified atom stereocenters. The Kier molecular flexibility index (Phi) is 6.57. The number of nitrogens with one attached hydrogen (secondary N) is 1. The molecule has 1 saturated carbocycles. The number of nitrogens with zero attached hydrogens (tertiary/aromatic N) is 3. The molecule has 1 N–H and O–H groups in total. The van der Waals surface area contributed by atoms with E-state index in [9.17, 15) is 4.79 Å². The second-order valence-corrected chi connectivity index (χ2v) is 9.54. The zero-order chi connectivity index (χ0) is 20.2. The van der Waals surface area contributed by atoms with Gasteiger partial charge in [-0.25, -0.2) is 0 Å². The van der Waals surface area contributed by atoms with E-state index >= 15 is 0 Å². The number of rotatable bonds is 9. The second-order valence-electron chi connectivity index (χ2n) is 7.12. The Hall–Kier alpha value is -1.83. The van der Waals surface area contributed by atoms with E-state index in [2.05, 4.69) is 44.5 Å². The highest BCUT2D eigenvalue weighted by molar-refractivity contribution is 7.99. The largest absolute Gasteiger partial charge is 0.349 e. The number of hydrogen-bond donors (Lipinski definition) is 1. The molecule has 1 aliphatic rings. The Morgan fingerprint density at radius 2 is 2.10 bits per heavy atom. The quantitative estimate of drug-likeness (QED) is 0.454. The third-order valence-electron chi connectivity index (χ3n) is 4.91. The van der Waals surface area contributed by atoms with Gasteiger partial charge in [0.05, 0.1) is 11.8 Å². The maximum atomic E-state index is 12.6. The molecule has 0 aliphatic heterocycles. The van der Waals surface area contributed by atoms with Crippen molar-refractivity contribution >= 4 is 40.6 Å². The monoisotopic (exact) mass is 446 g/mol. The van der Waals surface area contributed by atoms with Crippen molar-refractivity contribution in [1.82, 2.24) is 20.1 Å². The molecule has 1 aliphatic carbocycles. The first-order valence-corrected chi connectivity index (χ1v) is 12.0. The molecule has 29 heavy (non-hydrogen) atoms. The number of thioether (sulfide) groups is 1. The van der Waals surface area contributed by atoms with E-state index in [0.717, 1.165) is 42.2 Å². The summed E-state index contributed by atoms with van der Waals surface area (Å²) in [5.74, 6) is 1.32. The molecule has 2 heterocycles. The van der Waals surface area contributed by atoms with Crippen LogP contribution in [0.1, 0.15) is 54.5 Å². The molecule has 2 aromatic heterocycles. The lowest BCUT2D eigenvalue weighted by atomic mass is 10.0. The van der Waals surface area contributed by atoms with Gasteiger partial charge in [0, 0.05) is 22.4 Å². The van der Waals surface area contributed by atoms with Gasteiger partial charge in [-0.05, 0) is 48.4 Å². The highest BCUT2D eigenvalue weighted by atomic mass is 35.5. The van der Waals surface area contributed by atoms with Crippen LogP contribution in [0.3, 0.4) is 0 Å². The van der Waals surface area contributed by atoms with Crippen LogP contribution in [-0.4, -0.2) is 26.4 Å². The van der Waals surface area contributed by atoms with Crippen molar-refractivity contribution < 1.29 is 4.79 Å². The Morgan fingerprint density at radius 3 is 2.76 bits per heavy atom. The first-order chi connectivity index (χ1) is 14.1. The van der Waals surface area contributed by atoms with Gasteiger partial charge in [0.15, 0.2) is 5.16 Å². The van der Waals surface area contributed by atoms with Gasteiger partial charge in [0.1, 0.15) is 5.82 Å². The van der Waals surface area contributed by atoms with Crippen LogP contribution in [0.4, 0.5) is 0 Å². The summed E-state index contributed by atoms with van der Waals surface area (Å²) in [5, 5.41) is 15.5. The van der Waals surface area contributed by atoms with E-state index in [-0.39, 0.29) is 11.9 Å². The molecule has 1 aromatic carbocycles. The summed E-state index contributed by atoms with van der Waals surface area (Å²) in [7, 11) is 0. The molecule has 3 aromatic rings. The van der Waals surface area contributed by atoms with E-state index in [0.29, 0.717) is 16.8 Å². The smallest absolute Gasteiger partial charge is 0.230 e. The van der Waals surface area contributed by atoms with Crippen molar-refractivity contribution in [3.05, 3.63) is 63.1 Å². The summed E-state index contributed by atoms with van der Waals surface area (Å²) < 4.78 is 2.23. The normalized spacial score (nSPS) is 14.7. The third-order valence-corrected chi connectivity index (χ3v) is 6.98. The van der Waals surface area contributed by atoms with Gasteiger partial charge in [-0.1, -0.05) is 48.5 Å². The molecule has 1 amide bonds. The SMILES string of the molecule is CCC(NC(=O)CSc1nnc(Cc2cccs2)n1C1CC1)c1ccc(Cl)cc1. The van der Waals surface area contributed by atoms with E-state index in [4.69, 9.17) is 11.6 Å². The van der Waals surface area contributed by atoms with Crippen LogP contribution in [0.25, 0.3) is 0 Å². The molecular formula is C21H23ClN4OS2. The van der Waals surface area contributed by atoms with Gasteiger partial charge in [0.25, 0.3) is 0 Å². The van der Waals surface area contributed by atoms with Crippen LogP contribution in [0, 0.1) is 0 Å². The van der Waals surface area contributed by atoms with Crippen LogP contribution >= 0.6 is 34.7 Å². The first-order valence-electron chi connectivity index (χ1n) is 9.77. The maximum Gasteiger partial charge on any atom is 0.230 e. The van der Waals surface area contributed by atoms with E-state index < -0.39 is 0 Å². The highest BCUT2D eigenvalue weighted by Gasteiger charge is 2.30. The third kappa shape index (κ3) is 5.21. The Bertz CT molecular complexity index is 952. The van der Waals surface area contributed by atoms with Crippen LogP contribution in [-0.2, 0) is 11.2 Å². The van der Waals surface area contributed by atoms with Crippen molar-refractivity contribution in [2.24, 2.45) is 0 Å². The summed E-state index contributed by atoms with van der Waals surface area (Å²) in [6, 6.07) is 12.3. The van der Waals surface area contributed by atoms with Gasteiger partial charge in [-0.15, -0.1) is 21.5 Å². The number of carbonyl (C=O) groups is 1. The average Bonchev–Trinajstić information content (AvgIpc) is 3.27. The average molecular weight is 447 g/mol. The maximum absolute atomic E-state index is 12.6. The van der Waals surface area contributed by atoms with Crippen molar-refractivity contribution in [1.29, 1.82) is 0 Å². The molecule has 152 valence electrons. The highest BCUT2D eigenvalue weighted by Crippen LogP contribution is 2.39. The lowest BCUT2D eigenvalue weighted by Crippen LogP contribution is -2.29.